The minimum Gasteiger partial charge on any atom is -0.364 e. The van der Waals surface area contributed by atoms with Crippen molar-refractivity contribution >= 4 is 11.6 Å². The van der Waals surface area contributed by atoms with E-state index in [-0.39, 0.29) is 11.6 Å². The normalized spacial score (nSPS) is 11.3. The van der Waals surface area contributed by atoms with Crippen molar-refractivity contribution in [3.63, 3.8) is 0 Å². The van der Waals surface area contributed by atoms with E-state index in [0.29, 0.717) is 17.4 Å². The Balaban J connectivity index is 2.05. The van der Waals surface area contributed by atoms with E-state index < -0.39 is 5.91 Å². The molecule has 3 rings (SSSR count). The van der Waals surface area contributed by atoms with E-state index in [0.717, 1.165) is 5.56 Å². The molecule has 0 atom stereocenters. The average molecular weight is 271 g/mol. The SMILES string of the molecule is CC(C)c1nc(-c2ccc3nc(C(N)=O)cn3c2)no1. The fourth-order valence-electron chi connectivity index (χ4n) is 1.83. The largest absolute Gasteiger partial charge is 0.364 e. The van der Waals surface area contributed by atoms with E-state index >= 15 is 0 Å². The minimum absolute atomic E-state index is 0.176. The van der Waals surface area contributed by atoms with Crippen LogP contribution in [0.15, 0.2) is 29.0 Å². The third-order valence-electron chi connectivity index (χ3n) is 2.90. The zero-order chi connectivity index (χ0) is 14.3. The number of carbonyl (C=O) groups is 1. The Bertz CT molecular complexity index is 787. The van der Waals surface area contributed by atoms with Gasteiger partial charge in [0.15, 0.2) is 0 Å². The Labute approximate surface area is 114 Å². The van der Waals surface area contributed by atoms with E-state index in [1.54, 1.807) is 22.9 Å². The van der Waals surface area contributed by atoms with Crippen LogP contribution in [-0.4, -0.2) is 25.4 Å². The van der Waals surface area contributed by atoms with Gasteiger partial charge in [0.05, 0.1) is 0 Å². The second kappa shape index (κ2) is 4.44. The maximum atomic E-state index is 11.1. The first-order valence-corrected chi connectivity index (χ1v) is 6.17. The molecule has 3 heterocycles. The second-order valence-electron chi connectivity index (χ2n) is 4.78. The van der Waals surface area contributed by atoms with Crippen LogP contribution in [0.5, 0.6) is 0 Å². The van der Waals surface area contributed by atoms with Crippen LogP contribution in [0, 0.1) is 0 Å². The van der Waals surface area contributed by atoms with Gasteiger partial charge < -0.3 is 14.7 Å². The number of aromatic nitrogens is 4. The predicted molar refractivity (Wildman–Crippen MR) is 71.1 cm³/mol. The summed E-state index contributed by atoms with van der Waals surface area (Å²) in [4.78, 5) is 19.5. The molecule has 0 aliphatic heterocycles. The van der Waals surface area contributed by atoms with Crippen LogP contribution in [0.25, 0.3) is 17.0 Å². The van der Waals surface area contributed by atoms with Crippen LogP contribution in [-0.2, 0) is 0 Å². The third kappa shape index (κ3) is 2.03. The van der Waals surface area contributed by atoms with Gasteiger partial charge in [-0.15, -0.1) is 0 Å². The van der Waals surface area contributed by atoms with E-state index in [1.807, 2.05) is 19.9 Å². The minimum atomic E-state index is -0.558. The molecule has 0 bridgehead atoms. The molecule has 0 unspecified atom stereocenters. The highest BCUT2D eigenvalue weighted by Gasteiger charge is 2.13. The van der Waals surface area contributed by atoms with Crippen LogP contribution in [0.3, 0.4) is 0 Å². The molecule has 2 N–H and O–H groups in total. The third-order valence-corrected chi connectivity index (χ3v) is 2.90. The molecule has 3 aromatic rings. The van der Waals surface area contributed by atoms with Crippen molar-refractivity contribution in [3.05, 3.63) is 36.1 Å². The smallest absolute Gasteiger partial charge is 0.268 e. The average Bonchev–Trinajstić information content (AvgIpc) is 3.04. The van der Waals surface area contributed by atoms with Crippen LogP contribution < -0.4 is 5.73 Å². The number of primary amides is 1. The van der Waals surface area contributed by atoms with Crippen molar-refractivity contribution in [1.29, 1.82) is 0 Å². The number of hydrogen-bond acceptors (Lipinski definition) is 5. The lowest BCUT2D eigenvalue weighted by molar-refractivity contribution is 0.0996. The molecule has 0 radical (unpaired) electrons. The molecule has 1 amide bonds. The summed E-state index contributed by atoms with van der Waals surface area (Å²) in [7, 11) is 0. The van der Waals surface area contributed by atoms with Crippen molar-refractivity contribution in [3.8, 4) is 11.4 Å². The van der Waals surface area contributed by atoms with Gasteiger partial charge in [0.2, 0.25) is 11.7 Å². The first-order valence-electron chi connectivity index (χ1n) is 6.17. The van der Waals surface area contributed by atoms with Crippen molar-refractivity contribution in [2.24, 2.45) is 5.73 Å². The van der Waals surface area contributed by atoms with Gasteiger partial charge in [-0.05, 0) is 12.1 Å². The summed E-state index contributed by atoms with van der Waals surface area (Å²) in [6.07, 6.45) is 3.36. The number of carbonyl (C=O) groups excluding carboxylic acids is 1. The van der Waals surface area contributed by atoms with Crippen LogP contribution in [0.1, 0.15) is 36.1 Å². The van der Waals surface area contributed by atoms with E-state index in [4.69, 9.17) is 10.3 Å². The molecule has 20 heavy (non-hydrogen) atoms. The summed E-state index contributed by atoms with van der Waals surface area (Å²) in [5.41, 5.74) is 6.84. The maximum Gasteiger partial charge on any atom is 0.268 e. The number of hydrogen-bond donors (Lipinski definition) is 1. The molecule has 0 aliphatic carbocycles. The van der Waals surface area contributed by atoms with E-state index in [2.05, 4.69) is 15.1 Å². The zero-order valence-corrected chi connectivity index (χ0v) is 11.1. The molecular formula is C13H13N5O2. The molecule has 0 spiro atoms. The fourth-order valence-corrected chi connectivity index (χ4v) is 1.83. The summed E-state index contributed by atoms with van der Waals surface area (Å²) < 4.78 is 6.89. The number of fused-ring (bicyclic) bond motifs is 1. The van der Waals surface area contributed by atoms with Gasteiger partial charge >= 0.3 is 0 Å². The monoisotopic (exact) mass is 271 g/mol. The summed E-state index contributed by atoms with van der Waals surface area (Å²) in [5, 5.41) is 3.94. The molecule has 3 aromatic heterocycles. The first kappa shape index (κ1) is 12.3. The van der Waals surface area contributed by atoms with Crippen molar-refractivity contribution in [2.45, 2.75) is 19.8 Å². The highest BCUT2D eigenvalue weighted by Crippen LogP contribution is 2.20. The number of nitrogens with two attached hydrogens (primary N) is 1. The molecule has 0 saturated heterocycles. The maximum absolute atomic E-state index is 11.1. The lowest BCUT2D eigenvalue weighted by Crippen LogP contribution is -2.10. The van der Waals surface area contributed by atoms with Crippen molar-refractivity contribution in [1.82, 2.24) is 19.5 Å². The Morgan fingerprint density at radius 1 is 1.30 bits per heavy atom. The molecule has 7 heteroatoms. The van der Waals surface area contributed by atoms with Crippen LogP contribution >= 0.6 is 0 Å². The molecule has 7 nitrogen and oxygen atoms in total. The number of imidazole rings is 1. The predicted octanol–water partition coefficient (Wildman–Crippen LogP) is 1.61. The Hall–Kier alpha value is -2.70. The van der Waals surface area contributed by atoms with Crippen molar-refractivity contribution in [2.75, 3.05) is 0 Å². The van der Waals surface area contributed by atoms with Crippen LogP contribution in [0.4, 0.5) is 0 Å². The Kier molecular flexibility index (Phi) is 2.74. The Morgan fingerprint density at radius 2 is 2.10 bits per heavy atom. The molecule has 102 valence electrons. The summed E-state index contributed by atoms with van der Waals surface area (Å²) >= 11 is 0. The summed E-state index contributed by atoms with van der Waals surface area (Å²) in [6, 6.07) is 3.59. The lowest BCUT2D eigenvalue weighted by Gasteiger charge is -1.96. The standard InChI is InChI=1S/C13H13N5O2/c1-7(2)13-16-12(17-20-13)8-3-4-10-15-9(11(14)19)6-18(10)5-8/h3-7H,1-2H3,(H2,14,19). The lowest BCUT2D eigenvalue weighted by atomic mass is 10.2. The molecule has 0 fully saturated rings. The number of nitrogens with zero attached hydrogens (tertiary/aromatic N) is 4. The molecule has 0 aromatic carbocycles. The van der Waals surface area contributed by atoms with Crippen LogP contribution in [0.2, 0.25) is 0 Å². The number of rotatable bonds is 3. The topological polar surface area (TPSA) is 99.3 Å². The van der Waals surface area contributed by atoms with Crippen molar-refractivity contribution < 1.29 is 9.32 Å². The zero-order valence-electron chi connectivity index (χ0n) is 11.1. The highest BCUT2D eigenvalue weighted by molar-refractivity contribution is 5.91. The summed E-state index contributed by atoms with van der Waals surface area (Å²) in [6.45, 7) is 3.96. The van der Waals surface area contributed by atoms with Gasteiger partial charge in [-0.1, -0.05) is 19.0 Å². The fraction of sp³-hybridized carbons (Fsp3) is 0.231. The quantitative estimate of drug-likeness (QED) is 0.780. The molecule has 0 aliphatic rings. The van der Waals surface area contributed by atoms with Gasteiger partial charge in [0.1, 0.15) is 11.3 Å². The second-order valence-corrected chi connectivity index (χ2v) is 4.78. The number of pyridine rings is 1. The van der Waals surface area contributed by atoms with Gasteiger partial charge in [-0.2, -0.15) is 4.98 Å². The molecule has 0 saturated carbocycles. The van der Waals surface area contributed by atoms with Gasteiger partial charge in [0.25, 0.3) is 5.91 Å². The summed E-state index contributed by atoms with van der Waals surface area (Å²) in [5.74, 6) is 0.708. The Morgan fingerprint density at radius 3 is 2.75 bits per heavy atom. The van der Waals surface area contributed by atoms with E-state index in [9.17, 15) is 4.79 Å². The van der Waals surface area contributed by atoms with E-state index in [1.165, 1.54) is 0 Å². The highest BCUT2D eigenvalue weighted by atomic mass is 16.5. The van der Waals surface area contributed by atoms with Gasteiger partial charge in [-0.25, -0.2) is 4.98 Å². The van der Waals surface area contributed by atoms with Gasteiger partial charge in [0, 0.05) is 23.9 Å². The number of amides is 1. The first-order chi connectivity index (χ1) is 9.54. The molecular weight excluding hydrogens is 258 g/mol. The van der Waals surface area contributed by atoms with Gasteiger partial charge in [-0.3, -0.25) is 4.79 Å².